The molecule has 2 aromatic heterocycles. The summed E-state index contributed by atoms with van der Waals surface area (Å²) in [6, 6.07) is 9.64. The smallest absolute Gasteiger partial charge is 0.339 e. The van der Waals surface area contributed by atoms with E-state index < -0.39 is 11.9 Å². The minimum atomic E-state index is -1.21. The number of amides is 1. The molecule has 0 bridgehead atoms. The van der Waals surface area contributed by atoms with Gasteiger partial charge in [-0.15, -0.1) is 0 Å². The van der Waals surface area contributed by atoms with Gasteiger partial charge in [-0.05, 0) is 18.1 Å². The molecule has 1 amide bonds. The summed E-state index contributed by atoms with van der Waals surface area (Å²) < 4.78 is 2.93. The average molecular weight is 339 g/mol. The largest absolute Gasteiger partial charge is 0.478 e. The Morgan fingerprint density at radius 2 is 2.00 bits per heavy atom. The number of rotatable bonds is 5. The lowest BCUT2D eigenvalue weighted by Crippen LogP contribution is -2.19. The van der Waals surface area contributed by atoms with Gasteiger partial charge in [-0.3, -0.25) is 14.2 Å². The standard InChI is InChI=1S/C17H17N5O3/c1-11-5-3-4-6-12(11)10-22-8-7-14(20-22)19-16(23)15-13(17(24)25)9-18-21(15)2/h3-9H,10H2,1-2H3,(H,24,25)(H,19,20,23). The van der Waals surface area contributed by atoms with Crippen LogP contribution in [0.15, 0.2) is 42.7 Å². The number of hydrogen-bond donors (Lipinski definition) is 2. The Labute approximate surface area is 143 Å². The van der Waals surface area contributed by atoms with Crippen LogP contribution >= 0.6 is 0 Å². The van der Waals surface area contributed by atoms with E-state index in [1.807, 2.05) is 31.2 Å². The Kier molecular flexibility index (Phi) is 4.34. The van der Waals surface area contributed by atoms with Gasteiger partial charge < -0.3 is 10.4 Å². The fourth-order valence-electron chi connectivity index (χ4n) is 2.52. The van der Waals surface area contributed by atoms with Crippen molar-refractivity contribution in [2.45, 2.75) is 13.5 Å². The van der Waals surface area contributed by atoms with Crippen LogP contribution in [0.2, 0.25) is 0 Å². The average Bonchev–Trinajstić information content (AvgIpc) is 3.16. The van der Waals surface area contributed by atoms with E-state index in [-0.39, 0.29) is 11.3 Å². The molecular formula is C17H17N5O3. The zero-order valence-electron chi connectivity index (χ0n) is 13.8. The van der Waals surface area contributed by atoms with Crippen LogP contribution in [0.1, 0.15) is 32.0 Å². The SMILES string of the molecule is Cc1ccccc1Cn1ccc(NC(=O)c2c(C(=O)O)cnn2C)n1. The Balaban J connectivity index is 1.76. The highest BCUT2D eigenvalue weighted by Crippen LogP contribution is 2.13. The molecule has 0 radical (unpaired) electrons. The van der Waals surface area contributed by atoms with Gasteiger partial charge in [-0.2, -0.15) is 10.2 Å². The van der Waals surface area contributed by atoms with Crippen LogP contribution in [0.25, 0.3) is 0 Å². The highest BCUT2D eigenvalue weighted by atomic mass is 16.4. The fraction of sp³-hybridized carbons (Fsp3) is 0.176. The van der Waals surface area contributed by atoms with Crippen LogP contribution in [0.4, 0.5) is 5.82 Å². The molecule has 0 fully saturated rings. The van der Waals surface area contributed by atoms with Crippen molar-refractivity contribution in [2.24, 2.45) is 7.05 Å². The van der Waals surface area contributed by atoms with Gasteiger partial charge in [0, 0.05) is 19.3 Å². The van der Waals surface area contributed by atoms with E-state index >= 15 is 0 Å². The monoisotopic (exact) mass is 339 g/mol. The van der Waals surface area contributed by atoms with E-state index in [0.29, 0.717) is 12.4 Å². The maximum atomic E-state index is 12.4. The van der Waals surface area contributed by atoms with Gasteiger partial charge >= 0.3 is 5.97 Å². The second-order valence-corrected chi connectivity index (χ2v) is 5.61. The van der Waals surface area contributed by atoms with Gasteiger partial charge in [0.1, 0.15) is 11.3 Å². The third kappa shape index (κ3) is 3.42. The van der Waals surface area contributed by atoms with E-state index in [1.165, 1.54) is 11.7 Å². The van der Waals surface area contributed by atoms with Crippen molar-refractivity contribution in [3.05, 3.63) is 65.1 Å². The predicted molar refractivity (Wildman–Crippen MR) is 90.6 cm³/mol. The van der Waals surface area contributed by atoms with Crippen LogP contribution in [0.5, 0.6) is 0 Å². The molecule has 0 spiro atoms. The van der Waals surface area contributed by atoms with Crippen LogP contribution in [0.3, 0.4) is 0 Å². The molecule has 0 aliphatic heterocycles. The van der Waals surface area contributed by atoms with Gasteiger partial charge in [0.25, 0.3) is 5.91 Å². The summed E-state index contributed by atoms with van der Waals surface area (Å²) >= 11 is 0. The molecule has 0 aliphatic rings. The zero-order valence-corrected chi connectivity index (χ0v) is 13.8. The summed E-state index contributed by atoms with van der Waals surface area (Å²) in [6.45, 7) is 2.60. The van der Waals surface area contributed by atoms with E-state index in [9.17, 15) is 9.59 Å². The molecule has 128 valence electrons. The maximum absolute atomic E-state index is 12.4. The molecular weight excluding hydrogens is 322 g/mol. The van der Waals surface area contributed by atoms with Gasteiger partial charge in [-0.1, -0.05) is 24.3 Å². The highest BCUT2D eigenvalue weighted by molar-refractivity contribution is 6.09. The minimum Gasteiger partial charge on any atom is -0.478 e. The Hall–Kier alpha value is -3.42. The van der Waals surface area contributed by atoms with Gasteiger partial charge in [0.15, 0.2) is 5.82 Å². The first-order valence-corrected chi connectivity index (χ1v) is 7.60. The Morgan fingerprint density at radius 3 is 2.72 bits per heavy atom. The second kappa shape index (κ2) is 6.60. The number of carbonyl (C=O) groups excluding carboxylic acids is 1. The first kappa shape index (κ1) is 16.4. The lowest BCUT2D eigenvalue weighted by molar-refractivity contribution is 0.0692. The molecule has 3 rings (SSSR count). The molecule has 25 heavy (non-hydrogen) atoms. The number of carboxylic acid groups (broad SMARTS) is 1. The maximum Gasteiger partial charge on any atom is 0.339 e. The highest BCUT2D eigenvalue weighted by Gasteiger charge is 2.22. The number of aryl methyl sites for hydroxylation is 2. The quantitative estimate of drug-likeness (QED) is 0.739. The van der Waals surface area contributed by atoms with Crippen molar-refractivity contribution in [3.8, 4) is 0 Å². The van der Waals surface area contributed by atoms with Gasteiger partial charge in [-0.25, -0.2) is 4.79 Å². The molecule has 8 heteroatoms. The molecule has 0 saturated heterocycles. The molecule has 2 heterocycles. The van der Waals surface area contributed by atoms with Crippen molar-refractivity contribution in [3.63, 3.8) is 0 Å². The molecule has 2 N–H and O–H groups in total. The van der Waals surface area contributed by atoms with Crippen molar-refractivity contribution in [1.29, 1.82) is 0 Å². The second-order valence-electron chi connectivity index (χ2n) is 5.61. The van der Waals surface area contributed by atoms with Crippen molar-refractivity contribution < 1.29 is 14.7 Å². The summed E-state index contributed by atoms with van der Waals surface area (Å²) in [4.78, 5) is 23.5. The summed E-state index contributed by atoms with van der Waals surface area (Å²) in [5.41, 5.74) is 2.10. The molecule has 8 nitrogen and oxygen atoms in total. The first-order valence-electron chi connectivity index (χ1n) is 7.60. The summed E-state index contributed by atoms with van der Waals surface area (Å²) in [7, 11) is 1.51. The summed E-state index contributed by atoms with van der Waals surface area (Å²) in [5.74, 6) is -1.43. The number of aromatic nitrogens is 4. The molecule has 0 atom stereocenters. The van der Waals surface area contributed by atoms with Crippen molar-refractivity contribution in [1.82, 2.24) is 19.6 Å². The molecule has 0 saturated carbocycles. The number of hydrogen-bond acceptors (Lipinski definition) is 4. The van der Waals surface area contributed by atoms with E-state index in [0.717, 1.165) is 17.3 Å². The number of nitrogens with zero attached hydrogens (tertiary/aromatic N) is 4. The fourth-order valence-corrected chi connectivity index (χ4v) is 2.52. The first-order chi connectivity index (χ1) is 12.0. The molecule has 0 unspecified atom stereocenters. The van der Waals surface area contributed by atoms with Crippen LogP contribution in [-0.2, 0) is 13.6 Å². The number of aromatic carboxylic acids is 1. The van der Waals surface area contributed by atoms with E-state index in [1.54, 1.807) is 16.9 Å². The lowest BCUT2D eigenvalue weighted by atomic mass is 10.1. The number of carbonyl (C=O) groups is 2. The molecule has 3 aromatic rings. The van der Waals surface area contributed by atoms with E-state index in [4.69, 9.17) is 5.11 Å². The predicted octanol–water partition coefficient (Wildman–Crippen LogP) is 1.92. The van der Waals surface area contributed by atoms with Crippen LogP contribution < -0.4 is 5.32 Å². The Bertz CT molecular complexity index is 941. The minimum absolute atomic E-state index is 0.0269. The van der Waals surface area contributed by atoms with Gasteiger partial charge in [0.2, 0.25) is 0 Å². The summed E-state index contributed by atoms with van der Waals surface area (Å²) in [6.07, 6.45) is 2.90. The van der Waals surface area contributed by atoms with Crippen LogP contribution in [-0.4, -0.2) is 36.5 Å². The third-order valence-electron chi connectivity index (χ3n) is 3.86. The van der Waals surface area contributed by atoms with Crippen molar-refractivity contribution >= 4 is 17.7 Å². The number of carboxylic acids is 1. The van der Waals surface area contributed by atoms with Gasteiger partial charge in [0.05, 0.1) is 12.7 Å². The number of anilines is 1. The molecule has 1 aromatic carbocycles. The zero-order chi connectivity index (χ0) is 18.0. The molecule has 0 aliphatic carbocycles. The normalized spacial score (nSPS) is 10.6. The number of nitrogens with one attached hydrogen (secondary N) is 1. The lowest BCUT2D eigenvalue weighted by Gasteiger charge is -2.06. The Morgan fingerprint density at radius 1 is 1.24 bits per heavy atom. The number of benzene rings is 1. The topological polar surface area (TPSA) is 102 Å². The van der Waals surface area contributed by atoms with E-state index in [2.05, 4.69) is 15.5 Å². The van der Waals surface area contributed by atoms with Crippen LogP contribution in [0, 0.1) is 6.92 Å². The third-order valence-corrected chi connectivity index (χ3v) is 3.86. The van der Waals surface area contributed by atoms with Crippen molar-refractivity contribution in [2.75, 3.05) is 5.32 Å². The summed E-state index contributed by atoms with van der Waals surface area (Å²) in [5, 5.41) is 19.9.